The Balaban J connectivity index is 1.29. The molecule has 7 nitrogen and oxygen atoms in total. The summed E-state index contributed by atoms with van der Waals surface area (Å²) in [6, 6.07) is 4.66. The summed E-state index contributed by atoms with van der Waals surface area (Å²) in [5.74, 6) is 0.290. The molecular weight excluding hydrogens is 455 g/mol. The number of alkyl halides is 3. The summed E-state index contributed by atoms with van der Waals surface area (Å²) >= 11 is 1.66. The predicted octanol–water partition coefficient (Wildman–Crippen LogP) is 3.31. The smallest absolute Gasteiger partial charge is 0.378 e. The Kier molecular flexibility index (Phi) is 5.94. The van der Waals surface area contributed by atoms with Gasteiger partial charge in [0.1, 0.15) is 5.82 Å². The van der Waals surface area contributed by atoms with Crippen LogP contribution in [0.15, 0.2) is 35.3 Å². The molecule has 0 spiro atoms. The highest BCUT2D eigenvalue weighted by atomic mass is 32.1. The molecule has 0 bridgehead atoms. The summed E-state index contributed by atoms with van der Waals surface area (Å²) in [6.45, 7) is 5.00. The number of halogens is 3. The number of thiazole rings is 1. The van der Waals surface area contributed by atoms with Gasteiger partial charge in [0.05, 0.1) is 30.0 Å². The number of benzene rings is 1. The van der Waals surface area contributed by atoms with Gasteiger partial charge in [-0.05, 0) is 12.1 Å². The van der Waals surface area contributed by atoms with E-state index < -0.39 is 11.7 Å². The Morgan fingerprint density at radius 2 is 1.88 bits per heavy atom. The minimum Gasteiger partial charge on any atom is -0.378 e. The van der Waals surface area contributed by atoms with Gasteiger partial charge in [-0.15, -0.1) is 11.3 Å². The zero-order valence-corrected chi connectivity index (χ0v) is 18.5. The van der Waals surface area contributed by atoms with Gasteiger partial charge >= 0.3 is 6.18 Å². The summed E-state index contributed by atoms with van der Waals surface area (Å²) in [4.78, 5) is 30.1. The maximum absolute atomic E-state index is 12.8. The van der Waals surface area contributed by atoms with Crippen molar-refractivity contribution in [2.24, 2.45) is 0 Å². The van der Waals surface area contributed by atoms with Crippen LogP contribution in [0.4, 0.5) is 18.3 Å². The highest BCUT2D eigenvalue weighted by molar-refractivity contribution is 7.15. The van der Waals surface area contributed by atoms with E-state index in [-0.39, 0.29) is 5.56 Å². The highest BCUT2D eigenvalue weighted by Crippen LogP contribution is 2.31. The lowest BCUT2D eigenvalue weighted by Gasteiger charge is -2.27. The van der Waals surface area contributed by atoms with Gasteiger partial charge in [-0.25, -0.2) is 9.97 Å². The molecule has 2 aliphatic rings. The number of rotatable bonds is 4. The largest absolute Gasteiger partial charge is 0.416 e. The van der Waals surface area contributed by atoms with E-state index in [0.717, 1.165) is 41.8 Å². The first kappa shape index (κ1) is 22.1. The second kappa shape index (κ2) is 8.88. The highest BCUT2D eigenvalue weighted by Gasteiger charge is 2.30. The quantitative estimate of drug-likeness (QED) is 0.622. The number of ether oxygens (including phenoxy) is 1. The topological polar surface area (TPSA) is 74.4 Å². The molecule has 0 radical (unpaired) electrons. The van der Waals surface area contributed by atoms with Crippen molar-refractivity contribution < 1.29 is 17.9 Å². The van der Waals surface area contributed by atoms with Crippen molar-refractivity contribution >= 4 is 16.5 Å². The monoisotopic (exact) mass is 477 g/mol. The SMILES string of the molecule is O=c1[nH]c(-c2ccc(C(F)(F)F)cc2)nc2c1CN(Cc1cnc(N3CCOCC3)s1)CC2. The Labute approximate surface area is 191 Å². The summed E-state index contributed by atoms with van der Waals surface area (Å²) in [7, 11) is 0. The maximum Gasteiger partial charge on any atom is 0.416 e. The molecule has 0 saturated carbocycles. The van der Waals surface area contributed by atoms with Crippen LogP contribution in [0.2, 0.25) is 0 Å². The van der Waals surface area contributed by atoms with Crippen LogP contribution in [0.25, 0.3) is 11.4 Å². The number of H-pyrrole nitrogens is 1. The van der Waals surface area contributed by atoms with Crippen LogP contribution < -0.4 is 10.5 Å². The molecule has 1 aromatic carbocycles. The van der Waals surface area contributed by atoms with E-state index in [1.807, 2.05) is 6.20 Å². The fraction of sp³-hybridized carbons (Fsp3) is 0.409. The molecule has 2 aromatic heterocycles. The molecule has 33 heavy (non-hydrogen) atoms. The first-order valence-corrected chi connectivity index (χ1v) is 11.5. The lowest BCUT2D eigenvalue weighted by molar-refractivity contribution is -0.137. The number of nitrogens with one attached hydrogen (secondary N) is 1. The normalized spacial score (nSPS) is 17.2. The molecule has 0 aliphatic carbocycles. The molecule has 0 unspecified atom stereocenters. The zero-order valence-electron chi connectivity index (χ0n) is 17.7. The van der Waals surface area contributed by atoms with Crippen molar-refractivity contribution in [1.29, 1.82) is 0 Å². The number of hydrogen-bond acceptors (Lipinski definition) is 7. The van der Waals surface area contributed by atoms with Crippen molar-refractivity contribution in [3.63, 3.8) is 0 Å². The molecule has 0 atom stereocenters. The Bertz CT molecular complexity index is 1190. The molecule has 2 aliphatic heterocycles. The molecule has 1 fully saturated rings. The number of aromatic amines is 1. The minimum absolute atomic E-state index is 0.252. The lowest BCUT2D eigenvalue weighted by atomic mass is 10.1. The Hall–Kier alpha value is -2.76. The summed E-state index contributed by atoms with van der Waals surface area (Å²) < 4.78 is 43.8. The average molecular weight is 478 g/mol. The second-order valence-corrected chi connectivity index (χ2v) is 9.18. The fourth-order valence-corrected chi connectivity index (χ4v) is 5.07. The van der Waals surface area contributed by atoms with E-state index in [0.29, 0.717) is 55.4 Å². The van der Waals surface area contributed by atoms with Gasteiger partial charge in [0, 0.05) is 55.8 Å². The van der Waals surface area contributed by atoms with E-state index in [2.05, 4.69) is 24.8 Å². The van der Waals surface area contributed by atoms with Gasteiger partial charge in [0.25, 0.3) is 5.56 Å². The van der Waals surface area contributed by atoms with Crippen molar-refractivity contribution in [2.45, 2.75) is 25.7 Å². The first-order chi connectivity index (χ1) is 15.9. The first-order valence-electron chi connectivity index (χ1n) is 10.7. The average Bonchev–Trinajstić information content (AvgIpc) is 3.28. The number of morpholine rings is 1. The number of aromatic nitrogens is 3. The fourth-order valence-electron chi connectivity index (χ4n) is 4.06. The third-order valence-corrected chi connectivity index (χ3v) is 6.88. The number of fused-ring (bicyclic) bond motifs is 1. The van der Waals surface area contributed by atoms with Gasteiger partial charge in [0.2, 0.25) is 0 Å². The van der Waals surface area contributed by atoms with Crippen LogP contribution >= 0.6 is 11.3 Å². The lowest BCUT2D eigenvalue weighted by Crippen LogP contribution is -2.36. The van der Waals surface area contributed by atoms with Gasteiger partial charge in [-0.1, -0.05) is 12.1 Å². The van der Waals surface area contributed by atoms with Crippen molar-refractivity contribution in [1.82, 2.24) is 19.9 Å². The van der Waals surface area contributed by atoms with Crippen molar-refractivity contribution in [3.05, 3.63) is 62.5 Å². The van der Waals surface area contributed by atoms with Crippen LogP contribution in [0.1, 0.15) is 21.7 Å². The van der Waals surface area contributed by atoms with Crippen LogP contribution in [-0.4, -0.2) is 52.7 Å². The van der Waals surface area contributed by atoms with Crippen LogP contribution in [0.3, 0.4) is 0 Å². The molecule has 11 heteroatoms. The maximum atomic E-state index is 12.8. The van der Waals surface area contributed by atoms with E-state index in [9.17, 15) is 18.0 Å². The van der Waals surface area contributed by atoms with Gasteiger partial charge in [-0.2, -0.15) is 13.2 Å². The number of anilines is 1. The molecule has 4 heterocycles. The predicted molar refractivity (Wildman–Crippen MR) is 118 cm³/mol. The summed E-state index contributed by atoms with van der Waals surface area (Å²) in [6.07, 6.45) is -1.91. The zero-order chi connectivity index (χ0) is 23.0. The van der Waals surface area contributed by atoms with E-state index in [4.69, 9.17) is 4.74 Å². The number of nitrogens with zero attached hydrogens (tertiary/aromatic N) is 4. The standard InChI is InChI=1S/C22H22F3N5O2S/c23-22(24,25)15-3-1-14(2-4-15)19-27-18-5-6-29(13-17(18)20(31)28-19)12-16-11-26-21(33-16)30-7-9-32-10-8-30/h1-4,11H,5-10,12-13H2,(H,27,28,31). The minimum atomic E-state index is -4.40. The molecular formula is C22H22F3N5O2S. The Morgan fingerprint density at radius 3 is 2.61 bits per heavy atom. The van der Waals surface area contributed by atoms with Gasteiger partial charge in [0.15, 0.2) is 5.13 Å². The van der Waals surface area contributed by atoms with Crippen LogP contribution in [-0.2, 0) is 30.4 Å². The molecule has 1 N–H and O–H groups in total. The summed E-state index contributed by atoms with van der Waals surface area (Å²) in [5.41, 5.74) is 0.767. The van der Waals surface area contributed by atoms with Crippen molar-refractivity contribution in [3.8, 4) is 11.4 Å². The van der Waals surface area contributed by atoms with Crippen LogP contribution in [0, 0.1) is 0 Å². The third kappa shape index (κ3) is 4.80. The summed E-state index contributed by atoms with van der Waals surface area (Å²) in [5, 5.41) is 0.992. The molecule has 5 rings (SSSR count). The number of hydrogen-bond donors (Lipinski definition) is 1. The second-order valence-electron chi connectivity index (χ2n) is 8.08. The Morgan fingerprint density at radius 1 is 1.12 bits per heavy atom. The molecule has 0 amide bonds. The van der Waals surface area contributed by atoms with Crippen LogP contribution in [0.5, 0.6) is 0 Å². The van der Waals surface area contributed by atoms with E-state index in [1.165, 1.54) is 12.1 Å². The molecule has 174 valence electrons. The third-order valence-electron chi connectivity index (χ3n) is 5.84. The molecule has 3 aromatic rings. The van der Waals surface area contributed by atoms with E-state index in [1.54, 1.807) is 11.3 Å². The van der Waals surface area contributed by atoms with Gasteiger partial charge in [-0.3, -0.25) is 9.69 Å². The van der Waals surface area contributed by atoms with Gasteiger partial charge < -0.3 is 14.6 Å². The van der Waals surface area contributed by atoms with E-state index >= 15 is 0 Å². The molecule has 1 saturated heterocycles. The van der Waals surface area contributed by atoms with Crippen molar-refractivity contribution in [2.75, 3.05) is 37.7 Å².